The SMILES string of the molecule is COc1ccc(CNc2ccc3nc[nH]c3c2)cc1OC. The Labute approximate surface area is 122 Å². The number of ether oxygens (including phenoxy) is 2. The predicted octanol–water partition coefficient (Wildman–Crippen LogP) is 3.19. The van der Waals surface area contributed by atoms with Gasteiger partial charge in [0.15, 0.2) is 11.5 Å². The molecule has 0 spiro atoms. The van der Waals surface area contributed by atoms with Gasteiger partial charge >= 0.3 is 0 Å². The lowest BCUT2D eigenvalue weighted by atomic mass is 10.2. The molecule has 0 aliphatic carbocycles. The van der Waals surface area contributed by atoms with E-state index in [2.05, 4.69) is 15.3 Å². The molecule has 0 unspecified atom stereocenters. The number of benzene rings is 2. The number of imidazole rings is 1. The first-order valence-corrected chi connectivity index (χ1v) is 6.68. The minimum atomic E-state index is 0.708. The molecule has 0 bridgehead atoms. The molecule has 3 rings (SSSR count). The van der Waals surface area contributed by atoms with Gasteiger partial charge in [0, 0.05) is 12.2 Å². The van der Waals surface area contributed by atoms with Gasteiger partial charge < -0.3 is 19.8 Å². The molecule has 3 aromatic rings. The zero-order valence-corrected chi connectivity index (χ0v) is 12.0. The maximum absolute atomic E-state index is 5.31. The van der Waals surface area contributed by atoms with E-state index in [1.165, 1.54) is 0 Å². The van der Waals surface area contributed by atoms with Gasteiger partial charge in [-0.15, -0.1) is 0 Å². The van der Waals surface area contributed by atoms with Gasteiger partial charge in [0.2, 0.25) is 0 Å². The average molecular weight is 283 g/mol. The van der Waals surface area contributed by atoms with E-state index in [0.29, 0.717) is 6.54 Å². The summed E-state index contributed by atoms with van der Waals surface area (Å²) in [4.78, 5) is 7.31. The van der Waals surface area contributed by atoms with Crippen LogP contribution in [0.3, 0.4) is 0 Å². The molecule has 0 fully saturated rings. The summed E-state index contributed by atoms with van der Waals surface area (Å²) in [6.45, 7) is 0.708. The van der Waals surface area contributed by atoms with E-state index in [1.54, 1.807) is 20.5 Å². The standard InChI is InChI=1S/C16H17N3O2/c1-20-15-6-3-11(7-16(15)21-2)9-17-12-4-5-13-14(8-12)19-10-18-13/h3-8,10,17H,9H2,1-2H3,(H,18,19). The number of methoxy groups -OCH3 is 2. The molecule has 0 saturated carbocycles. The lowest BCUT2D eigenvalue weighted by molar-refractivity contribution is 0.354. The van der Waals surface area contributed by atoms with Crippen LogP contribution in [0.2, 0.25) is 0 Å². The smallest absolute Gasteiger partial charge is 0.161 e. The third-order valence-corrected chi connectivity index (χ3v) is 3.36. The molecule has 2 N–H and O–H groups in total. The van der Waals surface area contributed by atoms with E-state index in [1.807, 2.05) is 36.4 Å². The van der Waals surface area contributed by atoms with E-state index >= 15 is 0 Å². The van der Waals surface area contributed by atoms with Crippen molar-refractivity contribution in [3.63, 3.8) is 0 Å². The van der Waals surface area contributed by atoms with Crippen molar-refractivity contribution in [1.82, 2.24) is 9.97 Å². The summed E-state index contributed by atoms with van der Waals surface area (Å²) < 4.78 is 10.5. The highest BCUT2D eigenvalue weighted by molar-refractivity contribution is 5.78. The third kappa shape index (κ3) is 2.76. The summed E-state index contributed by atoms with van der Waals surface area (Å²) in [6, 6.07) is 12.0. The molecule has 1 heterocycles. The Bertz CT molecular complexity index is 752. The maximum Gasteiger partial charge on any atom is 0.161 e. The van der Waals surface area contributed by atoms with Crippen molar-refractivity contribution in [2.45, 2.75) is 6.54 Å². The van der Waals surface area contributed by atoms with Crippen molar-refractivity contribution in [3.8, 4) is 11.5 Å². The predicted molar refractivity (Wildman–Crippen MR) is 83.0 cm³/mol. The normalized spacial score (nSPS) is 10.6. The van der Waals surface area contributed by atoms with Gasteiger partial charge in [-0.25, -0.2) is 4.98 Å². The molecule has 5 nitrogen and oxygen atoms in total. The van der Waals surface area contributed by atoms with Gasteiger partial charge in [-0.3, -0.25) is 0 Å². The Kier molecular flexibility index (Phi) is 3.64. The zero-order valence-electron chi connectivity index (χ0n) is 12.0. The maximum atomic E-state index is 5.31. The molecule has 0 aliphatic rings. The minimum Gasteiger partial charge on any atom is -0.493 e. The molecule has 0 radical (unpaired) electrons. The number of aromatic nitrogens is 2. The van der Waals surface area contributed by atoms with Crippen LogP contribution in [0.1, 0.15) is 5.56 Å². The Morgan fingerprint density at radius 2 is 1.90 bits per heavy atom. The second-order valence-electron chi connectivity index (χ2n) is 4.68. The highest BCUT2D eigenvalue weighted by Crippen LogP contribution is 2.28. The lowest BCUT2D eigenvalue weighted by Crippen LogP contribution is -2.00. The van der Waals surface area contributed by atoms with Gasteiger partial charge in [0.05, 0.1) is 31.6 Å². The number of nitrogens with one attached hydrogen (secondary N) is 2. The molecule has 1 aromatic heterocycles. The van der Waals surface area contributed by atoms with Crippen LogP contribution in [0.25, 0.3) is 11.0 Å². The van der Waals surface area contributed by atoms with Crippen molar-refractivity contribution in [2.75, 3.05) is 19.5 Å². The monoisotopic (exact) mass is 283 g/mol. The lowest BCUT2D eigenvalue weighted by Gasteiger charge is -2.11. The number of aromatic amines is 1. The Morgan fingerprint density at radius 1 is 1.05 bits per heavy atom. The molecule has 21 heavy (non-hydrogen) atoms. The highest BCUT2D eigenvalue weighted by atomic mass is 16.5. The average Bonchev–Trinajstić information content (AvgIpc) is 3.00. The zero-order chi connectivity index (χ0) is 14.7. The van der Waals surface area contributed by atoms with E-state index in [9.17, 15) is 0 Å². The van der Waals surface area contributed by atoms with Crippen molar-refractivity contribution in [2.24, 2.45) is 0 Å². The van der Waals surface area contributed by atoms with Crippen LogP contribution in [0.4, 0.5) is 5.69 Å². The molecule has 0 atom stereocenters. The first kappa shape index (κ1) is 13.3. The van der Waals surface area contributed by atoms with Crippen molar-refractivity contribution in [1.29, 1.82) is 0 Å². The van der Waals surface area contributed by atoms with E-state index in [4.69, 9.17) is 9.47 Å². The highest BCUT2D eigenvalue weighted by Gasteiger charge is 2.04. The van der Waals surface area contributed by atoms with Crippen LogP contribution in [-0.2, 0) is 6.54 Å². The molecule has 2 aromatic carbocycles. The fourth-order valence-corrected chi connectivity index (χ4v) is 2.24. The van der Waals surface area contributed by atoms with Gasteiger partial charge in [-0.2, -0.15) is 0 Å². The Hall–Kier alpha value is -2.69. The number of anilines is 1. The molecule has 0 aliphatic heterocycles. The number of rotatable bonds is 5. The van der Waals surface area contributed by atoms with Gasteiger partial charge in [-0.1, -0.05) is 6.07 Å². The quantitative estimate of drug-likeness (QED) is 0.755. The van der Waals surface area contributed by atoms with Gasteiger partial charge in [0.25, 0.3) is 0 Å². The summed E-state index contributed by atoms with van der Waals surface area (Å²) in [5.74, 6) is 1.47. The molecular weight excluding hydrogens is 266 g/mol. The number of hydrogen-bond acceptors (Lipinski definition) is 4. The first-order valence-electron chi connectivity index (χ1n) is 6.68. The van der Waals surface area contributed by atoms with Crippen molar-refractivity contribution in [3.05, 3.63) is 48.3 Å². The summed E-state index contributed by atoms with van der Waals surface area (Å²) in [6.07, 6.45) is 1.70. The summed E-state index contributed by atoms with van der Waals surface area (Å²) in [7, 11) is 3.27. The Balaban J connectivity index is 1.74. The topological polar surface area (TPSA) is 59.2 Å². The molecule has 108 valence electrons. The van der Waals surface area contributed by atoms with Crippen LogP contribution in [-0.4, -0.2) is 24.2 Å². The summed E-state index contributed by atoms with van der Waals surface area (Å²) in [5.41, 5.74) is 4.15. The Morgan fingerprint density at radius 3 is 2.71 bits per heavy atom. The second kappa shape index (κ2) is 5.75. The largest absolute Gasteiger partial charge is 0.493 e. The van der Waals surface area contributed by atoms with E-state index in [-0.39, 0.29) is 0 Å². The number of fused-ring (bicyclic) bond motifs is 1. The van der Waals surface area contributed by atoms with Crippen LogP contribution < -0.4 is 14.8 Å². The van der Waals surface area contributed by atoms with Gasteiger partial charge in [0.1, 0.15) is 0 Å². The van der Waals surface area contributed by atoms with Crippen LogP contribution in [0.15, 0.2) is 42.7 Å². The van der Waals surface area contributed by atoms with Gasteiger partial charge in [-0.05, 0) is 35.9 Å². The third-order valence-electron chi connectivity index (χ3n) is 3.36. The van der Waals surface area contributed by atoms with Crippen molar-refractivity contribution >= 4 is 16.7 Å². The summed E-state index contributed by atoms with van der Waals surface area (Å²) in [5, 5.41) is 3.39. The second-order valence-corrected chi connectivity index (χ2v) is 4.68. The number of nitrogens with zero attached hydrogens (tertiary/aromatic N) is 1. The molecule has 0 saturated heterocycles. The fourth-order valence-electron chi connectivity index (χ4n) is 2.24. The van der Waals surface area contributed by atoms with Crippen LogP contribution in [0.5, 0.6) is 11.5 Å². The number of hydrogen-bond donors (Lipinski definition) is 2. The number of H-pyrrole nitrogens is 1. The molecular formula is C16H17N3O2. The van der Waals surface area contributed by atoms with E-state index < -0.39 is 0 Å². The summed E-state index contributed by atoms with van der Waals surface area (Å²) >= 11 is 0. The van der Waals surface area contributed by atoms with Crippen LogP contribution >= 0.6 is 0 Å². The van der Waals surface area contributed by atoms with E-state index in [0.717, 1.165) is 33.8 Å². The fraction of sp³-hybridized carbons (Fsp3) is 0.188. The molecule has 5 heteroatoms. The minimum absolute atomic E-state index is 0.708. The molecule has 0 amide bonds. The van der Waals surface area contributed by atoms with Crippen molar-refractivity contribution < 1.29 is 9.47 Å². The first-order chi connectivity index (χ1) is 10.3. The van der Waals surface area contributed by atoms with Crippen LogP contribution in [0, 0.1) is 0 Å².